The molecule has 0 saturated heterocycles. The van der Waals surface area contributed by atoms with Crippen LogP contribution in [0.4, 0.5) is 0 Å². The molecule has 1 aromatic carbocycles. The maximum absolute atomic E-state index is 12.1. The maximum atomic E-state index is 12.1. The summed E-state index contributed by atoms with van der Waals surface area (Å²) in [6.07, 6.45) is 0.754. The van der Waals surface area contributed by atoms with E-state index in [9.17, 15) is 9.36 Å². The molecule has 18 heavy (non-hydrogen) atoms. The average Bonchev–Trinajstić information content (AvgIpc) is 2.29. The van der Waals surface area contributed by atoms with Crippen molar-refractivity contribution in [2.75, 3.05) is 13.2 Å². The number of hydrogen-bond donors (Lipinski definition) is 0. The Morgan fingerprint density at radius 1 is 1.22 bits per heavy atom. The lowest BCUT2D eigenvalue weighted by Crippen LogP contribution is -2.02. The monoisotopic (exact) mass is 272 g/mol. The number of rotatable bonds is 7. The molecule has 0 heterocycles. The van der Waals surface area contributed by atoms with Gasteiger partial charge >= 0.3 is 7.82 Å². The summed E-state index contributed by atoms with van der Waals surface area (Å²) in [5.74, 6) is 0.350. The number of benzene rings is 1. The third-order valence-electron chi connectivity index (χ3n) is 2.16. The zero-order valence-corrected chi connectivity index (χ0v) is 11.6. The summed E-state index contributed by atoms with van der Waals surface area (Å²) in [5.41, 5.74) is 1.30. The van der Waals surface area contributed by atoms with Crippen LogP contribution in [0.5, 0.6) is 5.75 Å². The van der Waals surface area contributed by atoms with Gasteiger partial charge in [-0.3, -0.25) is 13.8 Å². The molecule has 6 heteroatoms. The van der Waals surface area contributed by atoms with Crippen LogP contribution in [0, 0.1) is 6.92 Å². The lowest BCUT2D eigenvalue weighted by atomic mass is 10.1. The molecular formula is C12H17O5P. The van der Waals surface area contributed by atoms with E-state index in [1.54, 1.807) is 39.0 Å². The topological polar surface area (TPSA) is 61.8 Å². The van der Waals surface area contributed by atoms with Crippen LogP contribution < -0.4 is 4.52 Å². The van der Waals surface area contributed by atoms with Crippen molar-refractivity contribution in [3.63, 3.8) is 0 Å². The van der Waals surface area contributed by atoms with Crippen LogP contribution >= 0.6 is 7.82 Å². The molecule has 0 unspecified atom stereocenters. The summed E-state index contributed by atoms with van der Waals surface area (Å²) in [6.45, 7) is 5.62. The first-order valence-electron chi connectivity index (χ1n) is 5.69. The van der Waals surface area contributed by atoms with E-state index >= 15 is 0 Å². The van der Waals surface area contributed by atoms with Gasteiger partial charge in [0.25, 0.3) is 0 Å². The van der Waals surface area contributed by atoms with Gasteiger partial charge in [0.1, 0.15) is 12.0 Å². The molecule has 0 aliphatic rings. The van der Waals surface area contributed by atoms with Gasteiger partial charge in [-0.25, -0.2) is 4.57 Å². The van der Waals surface area contributed by atoms with Crippen molar-refractivity contribution in [1.82, 2.24) is 0 Å². The molecule has 0 radical (unpaired) electrons. The quantitative estimate of drug-likeness (QED) is 0.562. The number of phosphoric acid groups is 1. The molecule has 0 aliphatic heterocycles. The van der Waals surface area contributed by atoms with Gasteiger partial charge in [0.15, 0.2) is 0 Å². The van der Waals surface area contributed by atoms with Crippen LogP contribution in [0.15, 0.2) is 18.2 Å². The summed E-state index contributed by atoms with van der Waals surface area (Å²) < 4.78 is 27.4. The molecule has 0 bridgehead atoms. The second kappa shape index (κ2) is 6.69. The summed E-state index contributed by atoms with van der Waals surface area (Å²) in [5, 5.41) is 0. The first-order chi connectivity index (χ1) is 8.54. The molecule has 1 rings (SSSR count). The number of aldehydes is 1. The van der Waals surface area contributed by atoms with Gasteiger partial charge < -0.3 is 4.52 Å². The first kappa shape index (κ1) is 14.9. The molecule has 0 N–H and O–H groups in total. The summed E-state index contributed by atoms with van der Waals surface area (Å²) in [6, 6.07) is 4.77. The Morgan fingerprint density at radius 2 is 1.83 bits per heavy atom. The zero-order chi connectivity index (χ0) is 13.6. The largest absolute Gasteiger partial charge is 0.530 e. The normalized spacial score (nSPS) is 11.3. The highest BCUT2D eigenvalue weighted by molar-refractivity contribution is 7.48. The van der Waals surface area contributed by atoms with Crippen molar-refractivity contribution in [2.45, 2.75) is 20.8 Å². The number of carbonyl (C=O) groups excluding carboxylic acids is 1. The Bertz CT molecular complexity index is 448. The van der Waals surface area contributed by atoms with Gasteiger partial charge in [0.2, 0.25) is 0 Å². The van der Waals surface area contributed by atoms with Gasteiger partial charge in [0, 0.05) is 5.56 Å². The Balaban J connectivity index is 2.90. The highest BCUT2D eigenvalue weighted by atomic mass is 31.2. The summed E-state index contributed by atoms with van der Waals surface area (Å²) in [4.78, 5) is 10.7. The minimum Gasteiger partial charge on any atom is -0.404 e. The van der Waals surface area contributed by atoms with Crippen molar-refractivity contribution in [3.05, 3.63) is 29.3 Å². The molecule has 0 fully saturated rings. The van der Waals surface area contributed by atoms with E-state index in [-0.39, 0.29) is 13.2 Å². The second-order valence-electron chi connectivity index (χ2n) is 3.51. The second-order valence-corrected chi connectivity index (χ2v) is 5.10. The zero-order valence-electron chi connectivity index (χ0n) is 10.7. The van der Waals surface area contributed by atoms with Crippen molar-refractivity contribution >= 4 is 14.1 Å². The Hall–Kier alpha value is -1.16. The minimum absolute atomic E-state index is 0.225. The SMILES string of the molecule is CCOP(=O)(OCC)Oc1ccc(C=O)c(C)c1. The number of carbonyl (C=O) groups is 1. The van der Waals surface area contributed by atoms with Crippen molar-refractivity contribution in [2.24, 2.45) is 0 Å². The van der Waals surface area contributed by atoms with Gasteiger partial charge in [0.05, 0.1) is 13.2 Å². The van der Waals surface area contributed by atoms with E-state index in [1.807, 2.05) is 0 Å². The van der Waals surface area contributed by atoms with E-state index in [1.165, 1.54) is 0 Å². The van der Waals surface area contributed by atoms with Crippen molar-refractivity contribution in [3.8, 4) is 5.75 Å². The number of hydrogen-bond acceptors (Lipinski definition) is 5. The van der Waals surface area contributed by atoms with Gasteiger partial charge in [-0.1, -0.05) is 0 Å². The molecule has 5 nitrogen and oxygen atoms in total. The molecule has 100 valence electrons. The van der Waals surface area contributed by atoms with E-state index in [0.717, 1.165) is 11.8 Å². The summed E-state index contributed by atoms with van der Waals surface area (Å²) in [7, 11) is -3.57. The molecule has 0 spiro atoms. The highest BCUT2D eigenvalue weighted by Crippen LogP contribution is 2.49. The fourth-order valence-corrected chi connectivity index (χ4v) is 2.56. The smallest absolute Gasteiger partial charge is 0.404 e. The lowest BCUT2D eigenvalue weighted by molar-refractivity contribution is 0.112. The summed E-state index contributed by atoms with van der Waals surface area (Å²) >= 11 is 0. The maximum Gasteiger partial charge on any atom is 0.530 e. The fourth-order valence-electron chi connectivity index (χ4n) is 1.37. The number of aryl methyl sites for hydroxylation is 1. The van der Waals surface area contributed by atoms with Crippen LogP contribution in [0.25, 0.3) is 0 Å². The van der Waals surface area contributed by atoms with Gasteiger partial charge in [-0.05, 0) is 44.5 Å². The first-order valence-corrected chi connectivity index (χ1v) is 7.15. The molecular weight excluding hydrogens is 255 g/mol. The lowest BCUT2D eigenvalue weighted by Gasteiger charge is -2.17. The fraction of sp³-hybridized carbons (Fsp3) is 0.417. The third-order valence-corrected chi connectivity index (χ3v) is 3.74. The van der Waals surface area contributed by atoms with Crippen LogP contribution in [-0.4, -0.2) is 19.5 Å². The molecule has 0 aliphatic carbocycles. The average molecular weight is 272 g/mol. The van der Waals surface area contributed by atoms with Crippen LogP contribution in [0.3, 0.4) is 0 Å². The van der Waals surface area contributed by atoms with Crippen LogP contribution in [-0.2, 0) is 13.6 Å². The Morgan fingerprint density at radius 3 is 2.28 bits per heavy atom. The van der Waals surface area contributed by atoms with E-state index in [4.69, 9.17) is 13.6 Å². The molecule has 0 aromatic heterocycles. The Kier molecular flexibility index (Phi) is 5.54. The molecule has 0 amide bonds. The Labute approximate surface area is 107 Å². The highest BCUT2D eigenvalue weighted by Gasteiger charge is 2.27. The van der Waals surface area contributed by atoms with Crippen LogP contribution in [0.1, 0.15) is 29.8 Å². The van der Waals surface area contributed by atoms with Gasteiger partial charge in [-0.2, -0.15) is 0 Å². The number of phosphoric ester groups is 1. The standard InChI is InChI=1S/C12H17O5P/c1-4-15-18(14,16-5-2)17-12-7-6-11(9-13)10(3)8-12/h6-9H,4-5H2,1-3H3. The molecule has 1 aromatic rings. The predicted octanol–water partition coefficient (Wildman–Crippen LogP) is 3.37. The minimum atomic E-state index is -3.57. The molecule has 0 atom stereocenters. The van der Waals surface area contributed by atoms with Crippen molar-refractivity contribution < 1.29 is 22.9 Å². The predicted molar refractivity (Wildman–Crippen MR) is 68.1 cm³/mol. The molecule has 0 saturated carbocycles. The van der Waals surface area contributed by atoms with Crippen molar-refractivity contribution in [1.29, 1.82) is 0 Å². The van der Waals surface area contributed by atoms with Crippen LogP contribution in [0.2, 0.25) is 0 Å². The van der Waals surface area contributed by atoms with Gasteiger partial charge in [-0.15, -0.1) is 0 Å². The van der Waals surface area contributed by atoms with E-state index in [0.29, 0.717) is 11.3 Å². The van der Waals surface area contributed by atoms with E-state index in [2.05, 4.69) is 0 Å². The third kappa shape index (κ3) is 3.95. The van der Waals surface area contributed by atoms with E-state index < -0.39 is 7.82 Å².